The molecule has 5 rings (SSSR count). The molecule has 1 saturated carbocycles. The fourth-order valence-corrected chi connectivity index (χ4v) is 5.25. The molecular weight excluding hydrogens is 493 g/mol. The smallest absolute Gasteiger partial charge is 0.228 e. The average molecular weight is 520 g/mol. The van der Waals surface area contributed by atoms with Crippen LogP contribution in [0.2, 0.25) is 5.02 Å². The minimum atomic E-state index is -0.548. The van der Waals surface area contributed by atoms with E-state index in [0.29, 0.717) is 30.6 Å². The molecule has 0 bridgehead atoms. The topological polar surface area (TPSA) is 97.4 Å². The molecule has 4 aromatic rings. The number of nitrogens with two attached hydrogens (primary N) is 1. The van der Waals surface area contributed by atoms with Crippen molar-refractivity contribution in [3.63, 3.8) is 0 Å². The van der Waals surface area contributed by atoms with Crippen molar-refractivity contribution in [2.45, 2.75) is 32.4 Å². The number of halogens is 2. The normalized spacial score (nSPS) is 17.2. The fraction of sp³-hybridized carbons (Fsp3) is 0.241. The van der Waals surface area contributed by atoms with Crippen LogP contribution in [0.25, 0.3) is 22.1 Å². The Labute approximate surface area is 219 Å². The lowest BCUT2D eigenvalue weighted by atomic mass is 9.93. The van der Waals surface area contributed by atoms with Crippen LogP contribution in [-0.2, 0) is 22.7 Å². The van der Waals surface area contributed by atoms with Crippen molar-refractivity contribution in [3.8, 4) is 11.1 Å². The van der Waals surface area contributed by atoms with Crippen molar-refractivity contribution >= 4 is 40.1 Å². The van der Waals surface area contributed by atoms with Gasteiger partial charge in [-0.1, -0.05) is 48.4 Å². The second-order valence-corrected chi connectivity index (χ2v) is 9.74. The van der Waals surface area contributed by atoms with E-state index < -0.39 is 17.7 Å². The van der Waals surface area contributed by atoms with E-state index >= 15 is 0 Å². The molecule has 0 aliphatic heterocycles. The Bertz CT molecular complexity index is 1470. The van der Waals surface area contributed by atoms with Crippen molar-refractivity contribution in [3.05, 3.63) is 88.9 Å². The van der Waals surface area contributed by atoms with Crippen molar-refractivity contribution in [1.29, 1.82) is 0 Å². The molecule has 2 amide bonds. The van der Waals surface area contributed by atoms with Gasteiger partial charge in [-0.05, 0) is 54.3 Å². The van der Waals surface area contributed by atoms with Gasteiger partial charge in [0, 0.05) is 47.1 Å². The Morgan fingerprint density at radius 2 is 1.81 bits per heavy atom. The molecule has 1 heterocycles. The predicted octanol–water partition coefficient (Wildman–Crippen LogP) is 6.02. The van der Waals surface area contributed by atoms with Crippen molar-refractivity contribution in [2.75, 3.05) is 5.32 Å². The number of anilines is 1. The number of carbonyl (C=O) groups is 2. The minimum Gasteiger partial charge on any atom is -0.464 e. The summed E-state index contributed by atoms with van der Waals surface area (Å²) >= 11 is 5.84. The van der Waals surface area contributed by atoms with E-state index in [1.807, 2.05) is 42.5 Å². The number of nitrogens with one attached hydrogen (secondary N) is 2. The highest BCUT2D eigenvalue weighted by Crippen LogP contribution is 2.36. The molecule has 0 saturated heterocycles. The first-order valence-corrected chi connectivity index (χ1v) is 12.6. The number of rotatable bonds is 7. The van der Waals surface area contributed by atoms with E-state index in [2.05, 4.69) is 10.6 Å². The van der Waals surface area contributed by atoms with Gasteiger partial charge in [0.25, 0.3) is 0 Å². The van der Waals surface area contributed by atoms with Crippen molar-refractivity contribution in [2.24, 2.45) is 17.6 Å². The number of hydrogen-bond acceptors (Lipinski definition) is 4. The Balaban J connectivity index is 1.33. The summed E-state index contributed by atoms with van der Waals surface area (Å²) < 4.78 is 19.9. The predicted molar refractivity (Wildman–Crippen MR) is 142 cm³/mol. The highest BCUT2D eigenvalue weighted by atomic mass is 35.5. The molecule has 190 valence electrons. The van der Waals surface area contributed by atoms with Gasteiger partial charge in [-0.15, -0.1) is 0 Å². The molecule has 0 spiro atoms. The van der Waals surface area contributed by atoms with Gasteiger partial charge < -0.3 is 20.8 Å². The van der Waals surface area contributed by atoms with E-state index in [1.54, 1.807) is 18.4 Å². The highest BCUT2D eigenvalue weighted by molar-refractivity contribution is 6.30. The lowest BCUT2D eigenvalue weighted by Crippen LogP contribution is -2.37. The third-order valence-electron chi connectivity index (χ3n) is 6.97. The summed E-state index contributed by atoms with van der Waals surface area (Å²) in [6, 6.07) is 18.1. The molecule has 4 N–H and O–H groups in total. The van der Waals surface area contributed by atoms with E-state index in [1.165, 1.54) is 6.07 Å². The molecule has 2 atom stereocenters. The Hall–Kier alpha value is -3.68. The number of amides is 2. The first-order chi connectivity index (χ1) is 17.9. The molecule has 1 aliphatic rings. The summed E-state index contributed by atoms with van der Waals surface area (Å²) in [5.41, 5.74) is 10.2. The molecule has 1 aromatic heterocycles. The van der Waals surface area contributed by atoms with Crippen LogP contribution in [-0.4, -0.2) is 11.8 Å². The molecular formula is C29H27ClFN3O3. The van der Waals surface area contributed by atoms with Crippen LogP contribution >= 0.6 is 11.6 Å². The molecule has 3 aromatic carbocycles. The maximum atomic E-state index is 14.2. The quantitative estimate of drug-likeness (QED) is 0.278. The second kappa shape index (κ2) is 10.7. The van der Waals surface area contributed by atoms with Crippen LogP contribution in [0.15, 0.2) is 71.3 Å². The van der Waals surface area contributed by atoms with Crippen LogP contribution in [0.5, 0.6) is 0 Å². The van der Waals surface area contributed by atoms with E-state index in [4.69, 9.17) is 21.8 Å². The number of carbonyl (C=O) groups excluding carboxylic acids is 2. The zero-order valence-electron chi connectivity index (χ0n) is 20.1. The van der Waals surface area contributed by atoms with Gasteiger partial charge in [-0.3, -0.25) is 9.59 Å². The molecule has 6 nitrogen and oxygen atoms in total. The lowest BCUT2D eigenvalue weighted by Gasteiger charge is -2.19. The van der Waals surface area contributed by atoms with E-state index in [-0.39, 0.29) is 23.4 Å². The zero-order valence-corrected chi connectivity index (χ0v) is 20.9. The van der Waals surface area contributed by atoms with E-state index in [9.17, 15) is 14.0 Å². The molecule has 1 aliphatic carbocycles. The first-order valence-electron chi connectivity index (χ1n) is 12.3. The largest absolute Gasteiger partial charge is 0.464 e. The van der Waals surface area contributed by atoms with Gasteiger partial charge in [-0.25, -0.2) is 4.39 Å². The maximum Gasteiger partial charge on any atom is 0.228 e. The summed E-state index contributed by atoms with van der Waals surface area (Å²) in [5, 5.41) is 6.66. The zero-order chi connectivity index (χ0) is 25.9. The van der Waals surface area contributed by atoms with Crippen molar-refractivity contribution < 1.29 is 18.4 Å². The second-order valence-electron chi connectivity index (χ2n) is 9.33. The maximum absolute atomic E-state index is 14.2. The Kier molecular flexibility index (Phi) is 7.26. The molecule has 1 fully saturated rings. The van der Waals surface area contributed by atoms with Crippen LogP contribution in [0.4, 0.5) is 10.1 Å². The monoisotopic (exact) mass is 519 g/mol. The van der Waals surface area contributed by atoms with Gasteiger partial charge in [0.1, 0.15) is 11.4 Å². The fourth-order valence-electron chi connectivity index (χ4n) is 5.06. The van der Waals surface area contributed by atoms with Crippen LogP contribution in [0.3, 0.4) is 0 Å². The van der Waals surface area contributed by atoms with Gasteiger partial charge in [-0.2, -0.15) is 0 Å². The van der Waals surface area contributed by atoms with E-state index in [0.717, 1.165) is 34.1 Å². The van der Waals surface area contributed by atoms with Gasteiger partial charge in [0.05, 0.1) is 11.3 Å². The Morgan fingerprint density at radius 3 is 2.62 bits per heavy atom. The van der Waals surface area contributed by atoms with Gasteiger partial charge in [0.15, 0.2) is 0 Å². The number of benzene rings is 3. The molecule has 37 heavy (non-hydrogen) atoms. The summed E-state index contributed by atoms with van der Waals surface area (Å²) in [6.45, 7) is 0.430. The summed E-state index contributed by atoms with van der Waals surface area (Å²) in [7, 11) is 0. The summed E-state index contributed by atoms with van der Waals surface area (Å²) in [5.74, 6) is -1.99. The van der Waals surface area contributed by atoms with Gasteiger partial charge >= 0.3 is 0 Å². The number of hydrogen-bond donors (Lipinski definition) is 3. The summed E-state index contributed by atoms with van der Waals surface area (Å²) in [4.78, 5) is 26.3. The number of fused-ring (bicyclic) bond motifs is 1. The number of furan rings is 1. The van der Waals surface area contributed by atoms with Crippen LogP contribution in [0.1, 0.15) is 30.4 Å². The first kappa shape index (κ1) is 25.0. The molecule has 0 radical (unpaired) electrons. The van der Waals surface area contributed by atoms with Crippen molar-refractivity contribution in [1.82, 2.24) is 5.32 Å². The highest BCUT2D eigenvalue weighted by Gasteiger charge is 2.37. The van der Waals surface area contributed by atoms with Gasteiger partial charge in [0.2, 0.25) is 11.8 Å². The SMILES string of the molecule is NCc1cccc(-c2cc(NC(=O)C3CCCC3C(=O)NCc3cccc(Cl)c3F)cc3ccoc23)c1. The summed E-state index contributed by atoms with van der Waals surface area (Å²) in [6.07, 6.45) is 3.58. The standard InChI is InChI=1S/C29H27ClFN3O3/c30-25-9-2-6-20(26(25)31)16-33-28(35)22-7-3-8-23(22)29(36)34-21-13-19-10-11-37-27(19)24(14-21)18-5-1-4-17(12-18)15-32/h1-2,4-6,9-14,22-23H,3,7-8,15-16,32H2,(H,33,35)(H,34,36). The third kappa shape index (κ3) is 5.24. The Morgan fingerprint density at radius 1 is 1.03 bits per heavy atom. The third-order valence-corrected chi connectivity index (χ3v) is 7.26. The lowest BCUT2D eigenvalue weighted by molar-refractivity contribution is -0.131. The van der Waals surface area contributed by atoms with Crippen LogP contribution < -0.4 is 16.4 Å². The average Bonchev–Trinajstić information content (AvgIpc) is 3.59. The molecule has 8 heteroatoms. The van der Waals surface area contributed by atoms with Crippen LogP contribution in [0, 0.1) is 17.7 Å². The molecule has 2 unspecified atom stereocenters. The minimum absolute atomic E-state index is 0.00795.